The first-order valence-electron chi connectivity index (χ1n) is 9.67. The summed E-state index contributed by atoms with van der Waals surface area (Å²) < 4.78 is 11.6. The van der Waals surface area contributed by atoms with Gasteiger partial charge in [0.2, 0.25) is 5.91 Å². The van der Waals surface area contributed by atoms with Crippen LogP contribution in [-0.4, -0.2) is 29.9 Å². The van der Waals surface area contributed by atoms with Crippen LogP contribution in [0.15, 0.2) is 77.6 Å². The van der Waals surface area contributed by atoms with Crippen LogP contribution in [0, 0.1) is 0 Å². The number of carbonyl (C=O) groups is 1. The van der Waals surface area contributed by atoms with Gasteiger partial charge in [0.25, 0.3) is 5.56 Å². The minimum atomic E-state index is -0.395. The first-order chi connectivity index (χ1) is 15.1. The summed E-state index contributed by atoms with van der Waals surface area (Å²) >= 11 is 0. The molecule has 0 unspecified atom stereocenters. The molecule has 0 bridgehead atoms. The standard InChI is InChI=1S/C24H21N3O4/c1-30-17-10-11-21(22(14-17)31-2)25-23(28)15-27-24(29)13-12-20(26-27)19-9-5-7-16-6-3-4-8-18(16)19/h3-14H,15H2,1-2H3,(H,25,28). The maximum absolute atomic E-state index is 12.6. The van der Waals surface area contributed by atoms with Crippen LogP contribution < -0.4 is 20.3 Å². The molecule has 3 aromatic carbocycles. The number of ether oxygens (including phenoxy) is 2. The Labute approximate surface area is 178 Å². The van der Waals surface area contributed by atoms with Gasteiger partial charge >= 0.3 is 0 Å². The van der Waals surface area contributed by atoms with E-state index in [1.54, 1.807) is 31.4 Å². The third kappa shape index (κ3) is 4.25. The molecule has 1 N–H and O–H groups in total. The van der Waals surface area contributed by atoms with Gasteiger partial charge in [-0.15, -0.1) is 0 Å². The zero-order valence-corrected chi connectivity index (χ0v) is 17.2. The lowest BCUT2D eigenvalue weighted by molar-refractivity contribution is -0.117. The Bertz CT molecular complexity index is 1310. The minimum Gasteiger partial charge on any atom is -0.497 e. The zero-order valence-electron chi connectivity index (χ0n) is 17.2. The lowest BCUT2D eigenvalue weighted by Gasteiger charge is -2.12. The summed E-state index contributed by atoms with van der Waals surface area (Å²) in [5, 5.41) is 9.29. The highest BCUT2D eigenvalue weighted by molar-refractivity contribution is 5.95. The van der Waals surface area contributed by atoms with Crippen LogP contribution in [0.25, 0.3) is 22.0 Å². The second kappa shape index (κ2) is 8.71. The number of hydrogen-bond acceptors (Lipinski definition) is 5. The highest BCUT2D eigenvalue weighted by atomic mass is 16.5. The quantitative estimate of drug-likeness (QED) is 0.519. The predicted molar refractivity (Wildman–Crippen MR) is 120 cm³/mol. The van der Waals surface area contributed by atoms with E-state index in [0.717, 1.165) is 21.0 Å². The maximum Gasteiger partial charge on any atom is 0.267 e. The first kappa shape index (κ1) is 20.2. The largest absolute Gasteiger partial charge is 0.497 e. The average Bonchev–Trinajstić information content (AvgIpc) is 2.80. The normalized spacial score (nSPS) is 10.6. The van der Waals surface area contributed by atoms with Crippen LogP contribution in [0.2, 0.25) is 0 Å². The van der Waals surface area contributed by atoms with Crippen molar-refractivity contribution < 1.29 is 14.3 Å². The van der Waals surface area contributed by atoms with Gasteiger partial charge in [-0.25, -0.2) is 4.68 Å². The van der Waals surface area contributed by atoms with Crippen molar-refractivity contribution in [3.05, 3.63) is 83.2 Å². The number of nitrogens with one attached hydrogen (secondary N) is 1. The second-order valence-corrected chi connectivity index (χ2v) is 6.86. The summed E-state index contributed by atoms with van der Waals surface area (Å²) in [6.07, 6.45) is 0. The number of benzene rings is 3. The SMILES string of the molecule is COc1ccc(NC(=O)Cn2nc(-c3cccc4ccccc34)ccc2=O)c(OC)c1. The third-order valence-electron chi connectivity index (χ3n) is 4.91. The van der Waals surface area contributed by atoms with Gasteiger partial charge in [0, 0.05) is 17.7 Å². The number of fused-ring (bicyclic) bond motifs is 1. The van der Waals surface area contributed by atoms with Gasteiger partial charge < -0.3 is 14.8 Å². The lowest BCUT2D eigenvalue weighted by Crippen LogP contribution is -2.29. The number of methoxy groups -OCH3 is 2. The Morgan fingerprint density at radius 2 is 1.77 bits per heavy atom. The van der Waals surface area contributed by atoms with Crippen LogP contribution in [-0.2, 0) is 11.3 Å². The second-order valence-electron chi connectivity index (χ2n) is 6.86. The molecule has 156 valence electrons. The molecule has 0 aliphatic heterocycles. The van der Waals surface area contributed by atoms with Crippen molar-refractivity contribution in [2.24, 2.45) is 0 Å². The average molecular weight is 415 g/mol. The smallest absolute Gasteiger partial charge is 0.267 e. The first-order valence-corrected chi connectivity index (χ1v) is 9.67. The Morgan fingerprint density at radius 3 is 2.58 bits per heavy atom. The van der Waals surface area contributed by atoms with E-state index in [2.05, 4.69) is 10.4 Å². The van der Waals surface area contributed by atoms with Crippen molar-refractivity contribution in [2.75, 3.05) is 19.5 Å². The van der Waals surface area contributed by atoms with Crippen molar-refractivity contribution in [3.63, 3.8) is 0 Å². The lowest BCUT2D eigenvalue weighted by atomic mass is 10.0. The number of rotatable bonds is 6. The van der Waals surface area contributed by atoms with Gasteiger partial charge in [-0.1, -0.05) is 42.5 Å². The van der Waals surface area contributed by atoms with Crippen molar-refractivity contribution >= 4 is 22.4 Å². The van der Waals surface area contributed by atoms with Crippen LogP contribution >= 0.6 is 0 Å². The van der Waals surface area contributed by atoms with Crippen molar-refractivity contribution in [2.45, 2.75) is 6.54 Å². The van der Waals surface area contributed by atoms with Gasteiger partial charge in [0.05, 0.1) is 25.6 Å². The highest BCUT2D eigenvalue weighted by Crippen LogP contribution is 2.29. The summed E-state index contributed by atoms with van der Waals surface area (Å²) in [6, 6.07) is 22.0. The predicted octanol–water partition coefficient (Wildman–Crippen LogP) is 3.72. The molecule has 31 heavy (non-hydrogen) atoms. The van der Waals surface area contributed by atoms with E-state index in [4.69, 9.17) is 9.47 Å². The topological polar surface area (TPSA) is 82.5 Å². The van der Waals surface area contributed by atoms with E-state index < -0.39 is 5.91 Å². The monoisotopic (exact) mass is 415 g/mol. The van der Waals surface area contributed by atoms with Gasteiger partial charge in [-0.2, -0.15) is 5.10 Å². The molecule has 4 aromatic rings. The fourth-order valence-corrected chi connectivity index (χ4v) is 3.38. The molecule has 0 radical (unpaired) electrons. The zero-order chi connectivity index (χ0) is 21.8. The van der Waals surface area contributed by atoms with Gasteiger partial charge in [-0.3, -0.25) is 9.59 Å². The van der Waals surface area contributed by atoms with Gasteiger partial charge in [0.15, 0.2) is 0 Å². The molecule has 0 atom stereocenters. The molecule has 0 aliphatic carbocycles. The van der Waals surface area contributed by atoms with E-state index >= 15 is 0 Å². The summed E-state index contributed by atoms with van der Waals surface area (Å²) in [4.78, 5) is 25.0. The fourth-order valence-electron chi connectivity index (χ4n) is 3.38. The van der Waals surface area contributed by atoms with Crippen LogP contribution in [0.4, 0.5) is 5.69 Å². The Balaban J connectivity index is 1.61. The molecule has 1 amide bonds. The summed E-state index contributed by atoms with van der Waals surface area (Å²) in [7, 11) is 3.05. The molecule has 7 heteroatoms. The number of nitrogens with zero attached hydrogens (tertiary/aromatic N) is 2. The Morgan fingerprint density at radius 1 is 0.968 bits per heavy atom. The van der Waals surface area contributed by atoms with E-state index in [1.165, 1.54) is 13.2 Å². The Hall–Kier alpha value is -4.13. The van der Waals surface area contributed by atoms with Gasteiger partial charge in [0.1, 0.15) is 18.0 Å². The molecule has 1 aromatic heterocycles. The number of aromatic nitrogens is 2. The molecular weight excluding hydrogens is 394 g/mol. The number of anilines is 1. The summed E-state index contributed by atoms with van der Waals surface area (Å²) in [6.45, 7) is -0.230. The van der Waals surface area contributed by atoms with E-state index in [1.807, 2.05) is 42.5 Å². The van der Waals surface area contributed by atoms with Crippen molar-refractivity contribution in [1.82, 2.24) is 9.78 Å². The minimum absolute atomic E-state index is 0.230. The molecule has 0 saturated heterocycles. The molecule has 0 fully saturated rings. The fraction of sp³-hybridized carbons (Fsp3) is 0.125. The molecular formula is C24H21N3O4. The highest BCUT2D eigenvalue weighted by Gasteiger charge is 2.12. The molecule has 0 spiro atoms. The number of amides is 1. The van der Waals surface area contributed by atoms with Crippen LogP contribution in [0.3, 0.4) is 0 Å². The van der Waals surface area contributed by atoms with Gasteiger partial charge in [-0.05, 0) is 29.0 Å². The molecule has 7 nitrogen and oxygen atoms in total. The molecule has 0 aliphatic rings. The van der Waals surface area contributed by atoms with Crippen LogP contribution in [0.5, 0.6) is 11.5 Å². The van der Waals surface area contributed by atoms with E-state index in [9.17, 15) is 9.59 Å². The van der Waals surface area contributed by atoms with Crippen LogP contribution in [0.1, 0.15) is 0 Å². The Kier molecular flexibility index (Phi) is 5.66. The van der Waals surface area contributed by atoms with E-state index in [-0.39, 0.29) is 12.1 Å². The van der Waals surface area contributed by atoms with Crippen molar-refractivity contribution in [1.29, 1.82) is 0 Å². The number of hydrogen-bond donors (Lipinski definition) is 1. The van der Waals surface area contributed by atoms with E-state index in [0.29, 0.717) is 22.9 Å². The third-order valence-corrected chi connectivity index (χ3v) is 4.91. The molecule has 4 rings (SSSR count). The van der Waals surface area contributed by atoms with Crippen molar-refractivity contribution in [3.8, 4) is 22.8 Å². The summed E-state index contributed by atoms with van der Waals surface area (Å²) in [5.41, 5.74) is 1.63. The molecule has 1 heterocycles. The molecule has 0 saturated carbocycles. The number of carbonyl (C=O) groups excluding carboxylic acids is 1. The summed E-state index contributed by atoms with van der Waals surface area (Å²) in [5.74, 6) is 0.668. The maximum atomic E-state index is 12.6.